The van der Waals surface area contributed by atoms with Gasteiger partial charge in [-0.25, -0.2) is 0 Å². The Labute approximate surface area is 435 Å². The Hall–Kier alpha value is -9.50. The van der Waals surface area contributed by atoms with Gasteiger partial charge in [0.1, 0.15) is 11.2 Å². The number of hydrogen-bond acceptors (Lipinski definition) is 6. The monoisotopic (exact) mass is 986 g/mol. The van der Waals surface area contributed by atoms with Gasteiger partial charge in [0, 0.05) is 80.1 Å². The number of furan rings is 1. The van der Waals surface area contributed by atoms with Crippen LogP contribution in [0, 0.1) is 0 Å². The molecule has 11 aromatic carbocycles. The van der Waals surface area contributed by atoms with Crippen LogP contribution in [0.5, 0.6) is 23.0 Å². The molecule has 0 atom stereocenters. The van der Waals surface area contributed by atoms with E-state index in [1.165, 1.54) is 80.2 Å². The molecule has 15 aromatic rings. The number of anilines is 4. The van der Waals surface area contributed by atoms with Crippen molar-refractivity contribution in [3.63, 3.8) is 0 Å². The first kappa shape index (κ1) is 43.1. The Kier molecular flexibility index (Phi) is 9.65. The van der Waals surface area contributed by atoms with Gasteiger partial charge in [-0.2, -0.15) is 0 Å². The number of aromatic nitrogens is 2. The number of rotatable bonds is 1. The minimum atomic E-state index is 0.854. The number of para-hydroxylation sites is 8. The Morgan fingerprint density at radius 2 is 0.893 bits per heavy atom. The summed E-state index contributed by atoms with van der Waals surface area (Å²) in [6, 6.07) is 78.5. The maximum absolute atomic E-state index is 6.26. The highest BCUT2D eigenvalue weighted by molar-refractivity contribution is 7.26. The van der Waals surface area contributed by atoms with Crippen LogP contribution in [-0.2, 0) is 7.05 Å². The van der Waals surface area contributed by atoms with Crippen LogP contribution in [0.1, 0.15) is 0 Å². The van der Waals surface area contributed by atoms with E-state index in [1.807, 2.05) is 60.7 Å². The first-order valence-corrected chi connectivity index (χ1v) is 26.1. The fraction of sp³-hybridized carbons (Fsp3) is 0.0448. The topological polar surface area (TPSA) is 47.9 Å². The maximum atomic E-state index is 6.26. The van der Waals surface area contributed by atoms with Crippen LogP contribution in [0.15, 0.2) is 229 Å². The van der Waals surface area contributed by atoms with Crippen LogP contribution < -0.4 is 19.3 Å². The molecule has 0 saturated heterocycles. The Morgan fingerprint density at radius 3 is 1.64 bits per heavy atom. The number of thiophene rings is 1. The summed E-state index contributed by atoms with van der Waals surface area (Å²) in [6.07, 6.45) is 0. The van der Waals surface area contributed by atoms with Crippen molar-refractivity contribution in [3.8, 4) is 28.7 Å². The third-order valence-corrected chi connectivity index (χ3v) is 16.4. The van der Waals surface area contributed by atoms with Gasteiger partial charge in [-0.3, -0.25) is 0 Å². The molecular weight excluding hydrogens is 941 g/mol. The zero-order chi connectivity index (χ0) is 49.9. The molecular formula is C67H46N4O3S. The molecule has 0 aliphatic carbocycles. The van der Waals surface area contributed by atoms with Crippen molar-refractivity contribution in [2.45, 2.75) is 0 Å². The minimum absolute atomic E-state index is 0.854. The van der Waals surface area contributed by atoms with E-state index in [9.17, 15) is 0 Å². The molecule has 0 unspecified atom stereocenters. The molecule has 8 heteroatoms. The van der Waals surface area contributed by atoms with Gasteiger partial charge in [0.2, 0.25) is 0 Å². The lowest BCUT2D eigenvalue weighted by Crippen LogP contribution is -2.15. The average Bonchev–Trinajstić information content (AvgIpc) is 4.28. The van der Waals surface area contributed by atoms with Crippen LogP contribution in [0.2, 0.25) is 0 Å². The van der Waals surface area contributed by atoms with E-state index in [2.05, 4.69) is 204 Å². The minimum Gasteiger partial charge on any atom is -0.456 e. The van der Waals surface area contributed by atoms with E-state index in [4.69, 9.17) is 13.9 Å². The van der Waals surface area contributed by atoms with Gasteiger partial charge in [-0.05, 0) is 84.2 Å². The summed E-state index contributed by atoms with van der Waals surface area (Å²) in [6.45, 7) is 0. The molecule has 0 spiro atoms. The van der Waals surface area contributed by atoms with Crippen molar-refractivity contribution < 1.29 is 13.9 Å². The average molecular weight is 987 g/mol. The van der Waals surface area contributed by atoms with Gasteiger partial charge in [-0.1, -0.05) is 146 Å². The summed E-state index contributed by atoms with van der Waals surface area (Å²) in [5.74, 6) is 3.63. The number of hydrogen-bond donors (Lipinski definition) is 0. The third kappa shape index (κ3) is 6.46. The van der Waals surface area contributed by atoms with Gasteiger partial charge in [-0.15, -0.1) is 11.3 Å². The molecule has 0 N–H and O–H groups in total. The molecule has 75 heavy (non-hydrogen) atoms. The van der Waals surface area contributed by atoms with E-state index in [0.717, 1.165) is 67.7 Å². The lowest BCUT2D eigenvalue weighted by Gasteiger charge is -2.29. The van der Waals surface area contributed by atoms with Crippen molar-refractivity contribution in [2.75, 3.05) is 23.9 Å². The van der Waals surface area contributed by atoms with Crippen molar-refractivity contribution in [3.05, 3.63) is 224 Å². The van der Waals surface area contributed by atoms with Crippen LogP contribution in [0.4, 0.5) is 22.7 Å². The second-order valence-electron chi connectivity index (χ2n) is 19.3. The van der Waals surface area contributed by atoms with Gasteiger partial charge >= 0.3 is 0 Å². The van der Waals surface area contributed by atoms with Crippen LogP contribution >= 0.6 is 11.3 Å². The summed E-state index contributed by atoms with van der Waals surface area (Å²) in [7, 11) is 6.36. The number of ether oxygens (including phenoxy) is 2. The molecule has 7 nitrogen and oxygen atoms in total. The van der Waals surface area contributed by atoms with E-state index in [1.54, 1.807) is 11.3 Å². The van der Waals surface area contributed by atoms with E-state index in [0.29, 0.717) is 0 Å². The Balaban J connectivity index is 0.000000101. The van der Waals surface area contributed by atoms with Crippen LogP contribution in [0.3, 0.4) is 0 Å². The first-order valence-electron chi connectivity index (χ1n) is 25.3. The Bertz CT molecular complexity index is 4790. The molecule has 358 valence electrons. The summed E-state index contributed by atoms with van der Waals surface area (Å²) in [5.41, 5.74) is 12.4. The van der Waals surface area contributed by atoms with Crippen LogP contribution in [0.25, 0.3) is 102 Å². The van der Waals surface area contributed by atoms with Gasteiger partial charge in [0.25, 0.3) is 0 Å². The molecule has 2 aliphatic rings. The predicted molar refractivity (Wildman–Crippen MR) is 314 cm³/mol. The zero-order valence-electron chi connectivity index (χ0n) is 41.3. The fourth-order valence-electron chi connectivity index (χ4n) is 11.8. The number of aryl methyl sites for hydroxylation is 1. The summed E-state index contributed by atoms with van der Waals surface area (Å²) in [4.78, 5) is 4.37. The first-order chi connectivity index (χ1) is 37.0. The predicted octanol–water partition coefficient (Wildman–Crippen LogP) is 19.0. The third-order valence-electron chi connectivity index (χ3n) is 15.2. The molecule has 6 heterocycles. The van der Waals surface area contributed by atoms with Crippen LogP contribution in [-0.4, -0.2) is 23.2 Å². The molecule has 2 aliphatic heterocycles. The maximum Gasteiger partial charge on any atom is 0.168 e. The van der Waals surface area contributed by atoms with Crippen molar-refractivity contribution in [1.29, 1.82) is 0 Å². The quantitative estimate of drug-likeness (QED) is 0.164. The van der Waals surface area contributed by atoms with Crippen molar-refractivity contribution in [2.24, 2.45) is 7.05 Å². The van der Waals surface area contributed by atoms with Gasteiger partial charge < -0.3 is 32.8 Å². The number of nitrogens with zero attached hydrogens (tertiary/aromatic N) is 4. The molecule has 4 aromatic heterocycles. The van der Waals surface area contributed by atoms with E-state index in [-0.39, 0.29) is 0 Å². The lowest BCUT2D eigenvalue weighted by atomic mass is 9.99. The lowest BCUT2D eigenvalue weighted by molar-refractivity contribution is 0.481. The summed E-state index contributed by atoms with van der Waals surface area (Å²) < 4.78 is 25.8. The highest BCUT2D eigenvalue weighted by Gasteiger charge is 2.28. The van der Waals surface area contributed by atoms with Gasteiger partial charge in [0.05, 0.1) is 49.4 Å². The van der Waals surface area contributed by atoms with E-state index < -0.39 is 0 Å². The SMILES string of the molecule is CN1c2ccccc2Oc2c1ccc1c2sc2ccccc21.CN1c2ccccc2Oc2c1ccc1oc3ccccc3c21.Cn1c2ccccc2c2c3ccccc3c3c(c4ccccc4n3-c3ccccc3)c21. The molecule has 0 bridgehead atoms. The largest absolute Gasteiger partial charge is 0.456 e. The highest BCUT2D eigenvalue weighted by Crippen LogP contribution is 2.53. The molecule has 0 saturated carbocycles. The smallest absolute Gasteiger partial charge is 0.168 e. The molecule has 0 amide bonds. The number of fused-ring (bicyclic) bond motifs is 22. The molecule has 0 radical (unpaired) electrons. The Morgan fingerprint density at radius 1 is 0.347 bits per heavy atom. The second-order valence-corrected chi connectivity index (χ2v) is 20.3. The van der Waals surface area contributed by atoms with Crippen molar-refractivity contribution >= 4 is 131 Å². The van der Waals surface area contributed by atoms with Gasteiger partial charge in [0.15, 0.2) is 23.0 Å². The second kappa shape index (κ2) is 16.8. The summed E-state index contributed by atoms with van der Waals surface area (Å²) in [5, 5.41) is 12.6. The normalized spacial score (nSPS) is 12.6. The standard InChI is InChI=1S/C29H20N2.C19H13NO2.C19H13NOS/c1-30-24-17-9-7-15-22(24)26-20-13-5-6-14-21(20)28-27(29(26)30)23-16-8-10-18-25(23)31(28)19-11-3-2-4-12-19;1-20-13-7-3-5-9-16(13)22-19-14(20)10-11-17-18(19)12-6-2-4-8-15(12)21-17;1-20-14-7-3-4-8-16(14)21-18-15(20)11-10-13-12-6-2-5-9-17(12)22-19(13)18/h2-18H,1H3;2*2-11H,1H3. The zero-order valence-corrected chi connectivity index (χ0v) is 42.1. The number of benzene rings is 11. The highest BCUT2D eigenvalue weighted by atomic mass is 32.1. The van der Waals surface area contributed by atoms with Crippen molar-refractivity contribution in [1.82, 2.24) is 9.13 Å². The fourth-order valence-corrected chi connectivity index (χ4v) is 13.0. The molecule has 17 rings (SSSR count). The van der Waals surface area contributed by atoms with E-state index >= 15 is 0 Å². The molecule has 0 fully saturated rings. The summed E-state index contributed by atoms with van der Waals surface area (Å²) >= 11 is 1.80.